The van der Waals surface area contributed by atoms with Gasteiger partial charge in [-0.05, 0) is 25.0 Å². The number of hydrogen-bond acceptors (Lipinski definition) is 2. The summed E-state index contributed by atoms with van der Waals surface area (Å²) < 4.78 is 23.7. The zero-order valence-electron chi connectivity index (χ0n) is 8.12. The van der Waals surface area contributed by atoms with E-state index in [1.165, 1.54) is 0 Å². The molecular formula is C10H12BrClO2S. The van der Waals surface area contributed by atoms with Gasteiger partial charge in [0, 0.05) is 5.33 Å². The Morgan fingerprint density at radius 3 is 2.47 bits per heavy atom. The predicted molar refractivity (Wildman–Crippen MR) is 66.5 cm³/mol. The number of unbranched alkanes of at least 4 members (excludes halogenated alkanes) is 1. The summed E-state index contributed by atoms with van der Waals surface area (Å²) in [6.07, 6.45) is 1.50. The monoisotopic (exact) mass is 310 g/mol. The smallest absolute Gasteiger partial charge is 0.179 e. The molecule has 2 nitrogen and oxygen atoms in total. The topological polar surface area (TPSA) is 34.1 Å². The highest BCUT2D eigenvalue weighted by Gasteiger charge is 2.16. The van der Waals surface area contributed by atoms with Gasteiger partial charge in [0.15, 0.2) is 9.84 Å². The predicted octanol–water partition coefficient (Wildman–Crippen LogP) is 3.29. The maximum atomic E-state index is 11.8. The molecule has 1 aromatic carbocycles. The van der Waals surface area contributed by atoms with Gasteiger partial charge in [0.2, 0.25) is 0 Å². The van der Waals surface area contributed by atoms with Gasteiger partial charge < -0.3 is 0 Å². The molecular weight excluding hydrogens is 300 g/mol. The van der Waals surface area contributed by atoms with E-state index in [1.807, 2.05) is 0 Å². The molecule has 1 aromatic rings. The Bertz CT molecular complexity index is 417. The average molecular weight is 312 g/mol. The first kappa shape index (κ1) is 13.0. The van der Waals surface area contributed by atoms with Gasteiger partial charge in [-0.15, -0.1) is 0 Å². The summed E-state index contributed by atoms with van der Waals surface area (Å²) in [4.78, 5) is 0.237. The molecule has 15 heavy (non-hydrogen) atoms. The van der Waals surface area contributed by atoms with Crippen molar-refractivity contribution in [1.82, 2.24) is 0 Å². The fourth-order valence-corrected chi connectivity index (χ4v) is 3.53. The van der Waals surface area contributed by atoms with Crippen molar-refractivity contribution >= 4 is 37.4 Å². The van der Waals surface area contributed by atoms with Crippen LogP contribution in [-0.2, 0) is 9.84 Å². The van der Waals surface area contributed by atoms with E-state index < -0.39 is 9.84 Å². The van der Waals surface area contributed by atoms with Gasteiger partial charge in [0.05, 0.1) is 15.7 Å². The Labute approximate surface area is 104 Å². The van der Waals surface area contributed by atoms with Crippen molar-refractivity contribution in [3.63, 3.8) is 0 Å². The van der Waals surface area contributed by atoms with Crippen LogP contribution in [0.15, 0.2) is 29.2 Å². The lowest BCUT2D eigenvalue weighted by Gasteiger charge is -2.05. The van der Waals surface area contributed by atoms with E-state index in [1.54, 1.807) is 24.3 Å². The van der Waals surface area contributed by atoms with E-state index in [2.05, 4.69) is 15.9 Å². The summed E-state index contributed by atoms with van der Waals surface area (Å²) >= 11 is 9.10. The van der Waals surface area contributed by atoms with E-state index in [-0.39, 0.29) is 10.6 Å². The third-order valence-electron chi connectivity index (χ3n) is 1.97. The molecule has 0 aromatic heterocycles. The molecule has 1 rings (SSSR count). The summed E-state index contributed by atoms with van der Waals surface area (Å²) in [6.45, 7) is 0. The van der Waals surface area contributed by atoms with E-state index in [0.29, 0.717) is 11.4 Å². The molecule has 0 fully saturated rings. The van der Waals surface area contributed by atoms with Crippen LogP contribution in [0.5, 0.6) is 0 Å². The van der Waals surface area contributed by atoms with Gasteiger partial charge in [-0.2, -0.15) is 0 Å². The number of alkyl halides is 1. The van der Waals surface area contributed by atoms with E-state index in [0.717, 1.165) is 11.8 Å². The summed E-state index contributed by atoms with van der Waals surface area (Å²) in [7, 11) is -3.22. The second kappa shape index (κ2) is 5.87. The van der Waals surface area contributed by atoms with Crippen LogP contribution in [0.2, 0.25) is 5.02 Å². The number of halogens is 2. The minimum atomic E-state index is -3.22. The van der Waals surface area contributed by atoms with Gasteiger partial charge in [0.25, 0.3) is 0 Å². The van der Waals surface area contributed by atoms with Gasteiger partial charge in [0.1, 0.15) is 0 Å². The number of rotatable bonds is 5. The first-order valence-electron chi connectivity index (χ1n) is 4.61. The van der Waals surface area contributed by atoms with Crippen LogP contribution < -0.4 is 0 Å². The molecule has 0 bridgehead atoms. The molecule has 84 valence electrons. The van der Waals surface area contributed by atoms with E-state index >= 15 is 0 Å². The van der Waals surface area contributed by atoms with Crippen molar-refractivity contribution in [2.24, 2.45) is 0 Å². The molecule has 0 unspecified atom stereocenters. The largest absolute Gasteiger partial charge is 0.224 e. The van der Waals surface area contributed by atoms with Gasteiger partial charge >= 0.3 is 0 Å². The SMILES string of the molecule is O=S(=O)(CCCCBr)c1ccccc1Cl. The number of sulfone groups is 1. The average Bonchev–Trinajstić information content (AvgIpc) is 2.18. The summed E-state index contributed by atoms with van der Waals surface area (Å²) in [5.74, 6) is 0.155. The molecule has 0 radical (unpaired) electrons. The molecule has 0 heterocycles. The Morgan fingerprint density at radius 1 is 1.20 bits per heavy atom. The summed E-state index contributed by atoms with van der Waals surface area (Å²) in [6, 6.07) is 6.55. The van der Waals surface area contributed by atoms with Gasteiger partial charge in [-0.3, -0.25) is 0 Å². The first-order valence-corrected chi connectivity index (χ1v) is 7.76. The van der Waals surface area contributed by atoms with Crippen LogP contribution in [0.4, 0.5) is 0 Å². The molecule has 0 atom stereocenters. The van der Waals surface area contributed by atoms with Crippen LogP contribution in [0.3, 0.4) is 0 Å². The summed E-state index contributed by atoms with van der Waals surface area (Å²) in [5.41, 5.74) is 0. The summed E-state index contributed by atoms with van der Waals surface area (Å²) in [5, 5.41) is 1.13. The van der Waals surface area contributed by atoms with Crippen LogP contribution >= 0.6 is 27.5 Å². The lowest BCUT2D eigenvalue weighted by Crippen LogP contribution is -2.07. The van der Waals surface area contributed by atoms with Gasteiger partial charge in [-0.25, -0.2) is 8.42 Å². The Morgan fingerprint density at radius 2 is 1.87 bits per heavy atom. The van der Waals surface area contributed by atoms with Crippen molar-refractivity contribution in [2.75, 3.05) is 11.1 Å². The molecule has 0 saturated carbocycles. The highest BCUT2D eigenvalue weighted by molar-refractivity contribution is 9.09. The normalized spacial score (nSPS) is 11.6. The van der Waals surface area contributed by atoms with Crippen LogP contribution in [0.25, 0.3) is 0 Å². The highest BCUT2D eigenvalue weighted by Crippen LogP contribution is 2.22. The Hall–Kier alpha value is -0.0600. The number of hydrogen-bond donors (Lipinski definition) is 0. The Balaban J connectivity index is 2.83. The quantitative estimate of drug-likeness (QED) is 0.618. The minimum absolute atomic E-state index is 0.155. The van der Waals surface area contributed by atoms with Crippen LogP contribution in [0, 0.1) is 0 Å². The second-order valence-electron chi connectivity index (χ2n) is 3.15. The second-order valence-corrected chi connectivity index (χ2v) is 6.42. The molecule has 0 amide bonds. The first-order chi connectivity index (χ1) is 7.08. The van der Waals surface area contributed by atoms with E-state index in [9.17, 15) is 8.42 Å². The van der Waals surface area contributed by atoms with Crippen molar-refractivity contribution in [3.8, 4) is 0 Å². The molecule has 0 spiro atoms. The van der Waals surface area contributed by atoms with Crippen LogP contribution in [-0.4, -0.2) is 19.5 Å². The molecule has 0 saturated heterocycles. The molecule has 5 heteroatoms. The zero-order chi connectivity index (χ0) is 11.3. The van der Waals surface area contributed by atoms with Crippen molar-refractivity contribution in [3.05, 3.63) is 29.3 Å². The minimum Gasteiger partial charge on any atom is -0.224 e. The maximum Gasteiger partial charge on any atom is 0.179 e. The standard InChI is InChI=1S/C10H12BrClO2S/c11-7-3-4-8-15(13,14)10-6-2-1-5-9(10)12/h1-2,5-6H,3-4,7-8H2. The van der Waals surface area contributed by atoms with Crippen molar-refractivity contribution in [2.45, 2.75) is 17.7 Å². The third kappa shape index (κ3) is 3.78. The zero-order valence-corrected chi connectivity index (χ0v) is 11.3. The lowest BCUT2D eigenvalue weighted by molar-refractivity contribution is 0.593. The van der Waals surface area contributed by atoms with Crippen LogP contribution in [0.1, 0.15) is 12.8 Å². The maximum absolute atomic E-state index is 11.8. The molecule has 0 aliphatic carbocycles. The molecule has 0 aliphatic rings. The van der Waals surface area contributed by atoms with Gasteiger partial charge in [-0.1, -0.05) is 39.7 Å². The van der Waals surface area contributed by atoms with Crippen molar-refractivity contribution < 1.29 is 8.42 Å². The fraction of sp³-hybridized carbons (Fsp3) is 0.400. The molecule has 0 aliphatic heterocycles. The lowest BCUT2D eigenvalue weighted by atomic mass is 10.4. The van der Waals surface area contributed by atoms with Crippen molar-refractivity contribution in [1.29, 1.82) is 0 Å². The Kier molecular flexibility index (Phi) is 5.09. The fourth-order valence-electron chi connectivity index (χ4n) is 1.19. The molecule has 0 N–H and O–H groups in total. The number of benzene rings is 1. The third-order valence-corrected chi connectivity index (χ3v) is 4.82. The van der Waals surface area contributed by atoms with E-state index in [4.69, 9.17) is 11.6 Å². The highest BCUT2D eigenvalue weighted by atomic mass is 79.9.